The predicted molar refractivity (Wildman–Crippen MR) is 93.2 cm³/mol. The summed E-state index contributed by atoms with van der Waals surface area (Å²) in [6.45, 7) is 0. The van der Waals surface area contributed by atoms with E-state index in [0.717, 1.165) is 28.8 Å². The molecule has 2 heteroatoms. The van der Waals surface area contributed by atoms with Crippen molar-refractivity contribution in [2.45, 2.75) is 12.8 Å². The summed E-state index contributed by atoms with van der Waals surface area (Å²) in [5.41, 5.74) is 2.75. The maximum Gasteiger partial charge on any atom is 0.171 e. The first-order valence-electron chi connectivity index (χ1n) is 7.62. The molecule has 22 heavy (non-hydrogen) atoms. The van der Waals surface area contributed by atoms with Crippen LogP contribution in [0.5, 0.6) is 0 Å². The molecule has 0 fully saturated rings. The van der Waals surface area contributed by atoms with Crippen molar-refractivity contribution in [3.63, 3.8) is 0 Å². The van der Waals surface area contributed by atoms with Crippen molar-refractivity contribution in [3.8, 4) is 0 Å². The molecule has 1 nitrogen and oxygen atoms in total. The molecule has 0 saturated heterocycles. The minimum Gasteiger partial charge on any atom is -0.309 e. The predicted octanol–water partition coefficient (Wildman–Crippen LogP) is 3.42. The van der Waals surface area contributed by atoms with Crippen LogP contribution in [0.25, 0.3) is 0 Å². The average molecular weight is 304 g/mol. The molecule has 0 heterocycles. The van der Waals surface area contributed by atoms with Gasteiger partial charge in [0.15, 0.2) is 7.14 Å². The van der Waals surface area contributed by atoms with Gasteiger partial charge < -0.3 is 4.57 Å². The Kier molecular flexibility index (Phi) is 3.24. The Hall–Kier alpha value is -2.11. The van der Waals surface area contributed by atoms with E-state index in [-0.39, 0.29) is 0 Å². The number of hydrogen-bond donors (Lipinski definition) is 0. The lowest BCUT2D eigenvalue weighted by atomic mass is 9.89. The van der Waals surface area contributed by atoms with Crippen molar-refractivity contribution in [3.05, 3.63) is 90.0 Å². The summed E-state index contributed by atoms with van der Waals surface area (Å²) in [5, 5.41) is 2.75. The van der Waals surface area contributed by atoms with Crippen molar-refractivity contribution < 1.29 is 4.57 Å². The van der Waals surface area contributed by atoms with Gasteiger partial charge in [-0.05, 0) is 30.0 Å². The summed E-state index contributed by atoms with van der Waals surface area (Å²) in [6, 6.07) is 26.1. The highest BCUT2D eigenvalue weighted by Gasteiger charge is 2.30. The van der Waals surface area contributed by atoms with Gasteiger partial charge in [-0.2, -0.15) is 0 Å². The lowest BCUT2D eigenvalue weighted by Crippen LogP contribution is -2.26. The Morgan fingerprint density at radius 3 is 1.59 bits per heavy atom. The number of fused-ring (bicyclic) bond motifs is 1. The molecule has 0 bridgehead atoms. The summed E-state index contributed by atoms with van der Waals surface area (Å²) in [7, 11) is -2.79. The second-order valence-corrected chi connectivity index (χ2v) is 8.50. The molecule has 3 aromatic carbocycles. The molecule has 0 aromatic heterocycles. The first-order valence-corrected chi connectivity index (χ1v) is 9.33. The van der Waals surface area contributed by atoms with E-state index >= 15 is 0 Å². The smallest absolute Gasteiger partial charge is 0.171 e. The van der Waals surface area contributed by atoms with Crippen molar-refractivity contribution >= 4 is 23.1 Å². The maximum atomic E-state index is 14.1. The fraction of sp³-hybridized carbons (Fsp3) is 0.100. The molecule has 0 saturated carbocycles. The maximum absolute atomic E-state index is 14.1. The normalized spacial score (nSPS) is 13.3. The van der Waals surface area contributed by atoms with Crippen molar-refractivity contribution in [2.75, 3.05) is 0 Å². The van der Waals surface area contributed by atoms with Crippen molar-refractivity contribution in [1.29, 1.82) is 0 Å². The minimum atomic E-state index is -2.79. The Bertz CT molecular complexity index is 810. The van der Waals surface area contributed by atoms with Gasteiger partial charge in [-0.15, -0.1) is 0 Å². The Morgan fingerprint density at radius 2 is 1.14 bits per heavy atom. The van der Waals surface area contributed by atoms with Crippen LogP contribution >= 0.6 is 7.14 Å². The molecule has 0 amide bonds. The van der Waals surface area contributed by atoms with Gasteiger partial charge in [0.05, 0.1) is 0 Å². The first-order chi connectivity index (χ1) is 10.8. The zero-order valence-corrected chi connectivity index (χ0v) is 13.2. The fourth-order valence-corrected chi connectivity index (χ4v) is 5.80. The van der Waals surface area contributed by atoms with Gasteiger partial charge in [-0.25, -0.2) is 0 Å². The molecule has 0 atom stereocenters. The van der Waals surface area contributed by atoms with E-state index in [2.05, 4.69) is 18.2 Å². The van der Waals surface area contributed by atoms with E-state index in [0.29, 0.717) is 0 Å². The monoisotopic (exact) mass is 304 g/mol. The zero-order valence-electron chi connectivity index (χ0n) is 12.3. The molecule has 1 aliphatic rings. The van der Waals surface area contributed by atoms with Crippen LogP contribution in [-0.2, 0) is 17.4 Å². The molecule has 0 N–H and O–H groups in total. The van der Waals surface area contributed by atoms with E-state index in [1.165, 1.54) is 11.1 Å². The van der Waals surface area contributed by atoms with E-state index in [9.17, 15) is 4.57 Å². The van der Waals surface area contributed by atoms with Gasteiger partial charge in [0, 0.05) is 15.9 Å². The molecule has 108 valence electrons. The molecule has 1 aliphatic carbocycles. The van der Waals surface area contributed by atoms with Crippen LogP contribution in [0.4, 0.5) is 0 Å². The summed E-state index contributed by atoms with van der Waals surface area (Å²) in [5.74, 6) is 0. The van der Waals surface area contributed by atoms with E-state index in [1.807, 2.05) is 60.7 Å². The SMILES string of the molecule is O=P(c1ccccc1)(c1ccccc1)c1ccc2c(c1)CC2. The third-order valence-corrected chi connectivity index (χ3v) is 7.51. The second kappa shape index (κ2) is 5.26. The Balaban J connectivity index is 1.96. The molecular weight excluding hydrogens is 287 g/mol. The van der Waals surface area contributed by atoms with Gasteiger partial charge in [0.25, 0.3) is 0 Å². The first kappa shape index (κ1) is 13.5. The van der Waals surface area contributed by atoms with Crippen molar-refractivity contribution in [1.82, 2.24) is 0 Å². The highest BCUT2D eigenvalue weighted by molar-refractivity contribution is 7.85. The van der Waals surface area contributed by atoms with Crippen LogP contribution in [-0.4, -0.2) is 0 Å². The number of hydrogen-bond acceptors (Lipinski definition) is 1. The highest BCUT2D eigenvalue weighted by atomic mass is 31.2. The fourth-order valence-electron chi connectivity index (χ4n) is 3.10. The number of aryl methyl sites for hydroxylation is 2. The number of benzene rings is 3. The topological polar surface area (TPSA) is 17.1 Å². The van der Waals surface area contributed by atoms with Gasteiger partial charge in [0.2, 0.25) is 0 Å². The summed E-state index contributed by atoms with van der Waals surface area (Å²) in [4.78, 5) is 0. The molecule has 0 aliphatic heterocycles. The van der Waals surface area contributed by atoms with Crippen LogP contribution in [0.15, 0.2) is 78.9 Å². The Labute approximate surface area is 131 Å². The van der Waals surface area contributed by atoms with Crippen LogP contribution in [0.3, 0.4) is 0 Å². The summed E-state index contributed by atoms with van der Waals surface area (Å²) < 4.78 is 14.1. The third kappa shape index (κ3) is 2.05. The summed E-state index contributed by atoms with van der Waals surface area (Å²) in [6.07, 6.45) is 2.25. The lowest BCUT2D eigenvalue weighted by Gasteiger charge is -2.24. The van der Waals surface area contributed by atoms with Crippen LogP contribution in [0, 0.1) is 0 Å². The molecule has 3 aromatic rings. The van der Waals surface area contributed by atoms with E-state index in [1.54, 1.807) is 0 Å². The van der Waals surface area contributed by atoms with Gasteiger partial charge in [0.1, 0.15) is 0 Å². The van der Waals surface area contributed by atoms with E-state index < -0.39 is 7.14 Å². The largest absolute Gasteiger partial charge is 0.309 e. The highest BCUT2D eigenvalue weighted by Crippen LogP contribution is 2.43. The average Bonchev–Trinajstić information content (AvgIpc) is 2.57. The Morgan fingerprint density at radius 1 is 0.591 bits per heavy atom. The van der Waals surface area contributed by atoms with Gasteiger partial charge >= 0.3 is 0 Å². The summed E-state index contributed by atoms with van der Waals surface area (Å²) >= 11 is 0. The number of rotatable bonds is 3. The third-order valence-electron chi connectivity index (χ3n) is 4.46. The molecule has 0 radical (unpaired) electrons. The zero-order chi connectivity index (χ0) is 15.0. The quantitative estimate of drug-likeness (QED) is 0.678. The molecule has 0 unspecified atom stereocenters. The van der Waals surface area contributed by atoms with Gasteiger partial charge in [-0.3, -0.25) is 0 Å². The van der Waals surface area contributed by atoms with Crippen molar-refractivity contribution in [2.24, 2.45) is 0 Å². The van der Waals surface area contributed by atoms with Gasteiger partial charge in [-0.1, -0.05) is 72.8 Å². The minimum absolute atomic E-state index is 0.903. The molecule has 0 spiro atoms. The van der Waals surface area contributed by atoms with Crippen LogP contribution in [0.1, 0.15) is 11.1 Å². The van der Waals surface area contributed by atoms with Crippen LogP contribution < -0.4 is 15.9 Å². The molecular formula is C20H17OP. The van der Waals surface area contributed by atoms with Crippen LogP contribution in [0.2, 0.25) is 0 Å². The lowest BCUT2D eigenvalue weighted by molar-refractivity contribution is 0.592. The standard InChI is InChI=1S/C20H17OP/c21-22(18-7-3-1-4-8-18,19-9-5-2-6-10-19)20-14-13-16-11-12-17(16)15-20/h1-10,13-15H,11-12H2. The van der Waals surface area contributed by atoms with E-state index in [4.69, 9.17) is 0 Å². The second-order valence-electron chi connectivity index (χ2n) is 5.73. The molecule has 4 rings (SSSR count).